The highest BCUT2D eigenvalue weighted by molar-refractivity contribution is 14.1. The van der Waals surface area contributed by atoms with Crippen LogP contribution >= 0.6 is 22.6 Å². The molecule has 0 saturated heterocycles. The maximum absolute atomic E-state index is 13.1. The van der Waals surface area contributed by atoms with Gasteiger partial charge in [-0.05, 0) is 103 Å². The first-order valence-electron chi connectivity index (χ1n) is 8.24. The molecule has 2 nitrogen and oxygen atoms in total. The van der Waals surface area contributed by atoms with Crippen LogP contribution < -0.4 is 0 Å². The number of benzene rings is 2. The van der Waals surface area contributed by atoms with Crippen LogP contribution in [0.2, 0.25) is 0 Å². The Morgan fingerprint density at radius 2 is 1.77 bits per heavy atom. The quantitative estimate of drug-likeness (QED) is 0.340. The van der Waals surface area contributed by atoms with Gasteiger partial charge in [0.15, 0.2) is 0 Å². The van der Waals surface area contributed by atoms with Crippen molar-refractivity contribution in [1.82, 2.24) is 4.57 Å². The van der Waals surface area contributed by atoms with Crippen LogP contribution in [0, 0.1) is 41.5 Å². The Labute approximate surface area is 166 Å². The number of nitriles is 1. The number of aryl methyl sites for hydroxylation is 2. The van der Waals surface area contributed by atoms with Gasteiger partial charge < -0.3 is 4.57 Å². The third-order valence-electron chi connectivity index (χ3n) is 4.45. The maximum Gasteiger partial charge on any atom is 0.123 e. The van der Waals surface area contributed by atoms with E-state index in [-0.39, 0.29) is 5.82 Å². The van der Waals surface area contributed by atoms with Crippen molar-refractivity contribution in [3.8, 4) is 11.8 Å². The molecule has 0 bridgehead atoms. The highest BCUT2D eigenvalue weighted by atomic mass is 127. The summed E-state index contributed by atoms with van der Waals surface area (Å²) in [7, 11) is 0. The molecule has 4 heteroatoms. The number of nitrogens with zero attached hydrogens (tertiary/aromatic N) is 2. The van der Waals surface area contributed by atoms with Crippen LogP contribution in [-0.4, -0.2) is 4.57 Å². The second kappa shape index (κ2) is 7.46. The number of allylic oxidation sites excluding steroid dienone is 1. The molecular formula is C22H18FIN2. The Balaban J connectivity index is 2.08. The molecule has 3 aromatic rings. The van der Waals surface area contributed by atoms with E-state index in [1.807, 2.05) is 13.0 Å². The number of rotatable bonds is 3. The van der Waals surface area contributed by atoms with Gasteiger partial charge in [0, 0.05) is 20.6 Å². The lowest BCUT2D eigenvalue weighted by Crippen LogP contribution is -2.00. The van der Waals surface area contributed by atoms with Gasteiger partial charge in [0.05, 0.1) is 11.6 Å². The van der Waals surface area contributed by atoms with Gasteiger partial charge >= 0.3 is 0 Å². The van der Waals surface area contributed by atoms with Crippen molar-refractivity contribution in [3.05, 3.63) is 86.0 Å². The van der Waals surface area contributed by atoms with Crippen LogP contribution in [0.3, 0.4) is 0 Å². The minimum atomic E-state index is -0.307. The molecule has 2 aromatic carbocycles. The normalized spacial score (nSPS) is 11.5. The van der Waals surface area contributed by atoms with Gasteiger partial charge in [0.1, 0.15) is 5.82 Å². The van der Waals surface area contributed by atoms with E-state index in [2.05, 4.69) is 71.3 Å². The van der Waals surface area contributed by atoms with E-state index in [0.717, 1.165) is 22.6 Å². The molecule has 0 aliphatic carbocycles. The first-order valence-corrected chi connectivity index (χ1v) is 9.32. The summed E-state index contributed by atoms with van der Waals surface area (Å²) in [6, 6.07) is 16.7. The van der Waals surface area contributed by atoms with Gasteiger partial charge in [-0.2, -0.15) is 5.26 Å². The SMILES string of the molecule is Cc1cc(-n2c(C)cc(/C=C(/C#N)c3ccc(F)cc3)c2C)ccc1I. The molecule has 130 valence electrons. The van der Waals surface area contributed by atoms with Crippen LogP contribution in [0.1, 0.15) is 28.1 Å². The van der Waals surface area contributed by atoms with Crippen molar-refractivity contribution in [3.63, 3.8) is 0 Å². The fourth-order valence-corrected chi connectivity index (χ4v) is 3.40. The van der Waals surface area contributed by atoms with Crippen molar-refractivity contribution in [2.24, 2.45) is 0 Å². The summed E-state index contributed by atoms with van der Waals surface area (Å²) >= 11 is 2.33. The molecule has 0 unspecified atom stereocenters. The van der Waals surface area contributed by atoms with Gasteiger partial charge in [0.2, 0.25) is 0 Å². The number of aromatic nitrogens is 1. The molecule has 0 spiro atoms. The number of halogens is 2. The smallest absolute Gasteiger partial charge is 0.123 e. The van der Waals surface area contributed by atoms with Crippen LogP contribution in [0.15, 0.2) is 48.5 Å². The van der Waals surface area contributed by atoms with Crippen molar-refractivity contribution >= 4 is 34.2 Å². The van der Waals surface area contributed by atoms with E-state index in [1.165, 1.54) is 21.3 Å². The minimum absolute atomic E-state index is 0.307. The van der Waals surface area contributed by atoms with Gasteiger partial charge in [-0.15, -0.1) is 0 Å². The topological polar surface area (TPSA) is 28.7 Å². The van der Waals surface area contributed by atoms with E-state index < -0.39 is 0 Å². The molecule has 3 rings (SSSR count). The summed E-state index contributed by atoms with van der Waals surface area (Å²) < 4.78 is 16.6. The van der Waals surface area contributed by atoms with E-state index in [1.54, 1.807) is 12.1 Å². The Morgan fingerprint density at radius 1 is 1.08 bits per heavy atom. The van der Waals surface area contributed by atoms with Crippen LogP contribution in [0.4, 0.5) is 4.39 Å². The summed E-state index contributed by atoms with van der Waals surface area (Å²) in [5, 5.41) is 9.54. The fraction of sp³-hybridized carbons (Fsp3) is 0.136. The average Bonchev–Trinajstić information content (AvgIpc) is 2.90. The third-order valence-corrected chi connectivity index (χ3v) is 5.66. The Kier molecular flexibility index (Phi) is 5.28. The predicted octanol–water partition coefficient (Wildman–Crippen LogP) is 6.21. The zero-order valence-corrected chi connectivity index (χ0v) is 17.0. The zero-order valence-electron chi connectivity index (χ0n) is 14.8. The molecule has 0 N–H and O–H groups in total. The first-order chi connectivity index (χ1) is 12.4. The van der Waals surface area contributed by atoms with E-state index in [9.17, 15) is 9.65 Å². The average molecular weight is 456 g/mol. The van der Waals surface area contributed by atoms with Crippen molar-refractivity contribution in [1.29, 1.82) is 5.26 Å². The van der Waals surface area contributed by atoms with Gasteiger partial charge in [0.25, 0.3) is 0 Å². The molecule has 0 radical (unpaired) electrons. The third kappa shape index (κ3) is 3.58. The number of hydrogen-bond donors (Lipinski definition) is 0. The van der Waals surface area contributed by atoms with Crippen LogP contribution in [0.5, 0.6) is 0 Å². The highest BCUT2D eigenvalue weighted by Gasteiger charge is 2.11. The molecule has 0 aliphatic rings. The largest absolute Gasteiger partial charge is 0.318 e. The second-order valence-corrected chi connectivity index (χ2v) is 7.43. The lowest BCUT2D eigenvalue weighted by molar-refractivity contribution is 0.627. The van der Waals surface area contributed by atoms with E-state index >= 15 is 0 Å². The zero-order chi connectivity index (χ0) is 18.8. The Morgan fingerprint density at radius 3 is 2.38 bits per heavy atom. The molecule has 0 aliphatic heterocycles. The predicted molar refractivity (Wildman–Crippen MR) is 113 cm³/mol. The summed E-state index contributed by atoms with van der Waals surface area (Å²) in [4.78, 5) is 0. The summed E-state index contributed by atoms with van der Waals surface area (Å²) in [6.45, 7) is 6.20. The first kappa shape index (κ1) is 18.4. The summed E-state index contributed by atoms with van der Waals surface area (Å²) in [5.74, 6) is -0.307. The molecule has 1 aromatic heterocycles. The van der Waals surface area contributed by atoms with Gasteiger partial charge in [-0.3, -0.25) is 0 Å². The molecule has 0 atom stereocenters. The van der Waals surface area contributed by atoms with E-state index in [4.69, 9.17) is 0 Å². The summed E-state index contributed by atoms with van der Waals surface area (Å²) in [5.41, 5.74) is 6.73. The Hall–Kier alpha value is -2.39. The molecule has 0 saturated carbocycles. The highest BCUT2D eigenvalue weighted by Crippen LogP contribution is 2.26. The lowest BCUT2D eigenvalue weighted by Gasteiger charge is -2.11. The molecule has 26 heavy (non-hydrogen) atoms. The van der Waals surface area contributed by atoms with Gasteiger partial charge in [-0.25, -0.2) is 4.39 Å². The standard InChI is InChI=1S/C22H18FIN2/c1-14-10-21(8-9-22(14)24)26-15(2)11-18(16(26)3)12-19(13-25)17-4-6-20(23)7-5-17/h4-12H,1-3H3/b19-12-. The number of hydrogen-bond acceptors (Lipinski definition) is 1. The molecule has 1 heterocycles. The fourth-order valence-electron chi connectivity index (χ4n) is 3.06. The summed E-state index contributed by atoms with van der Waals surface area (Å²) in [6.07, 6.45) is 1.87. The van der Waals surface area contributed by atoms with Crippen molar-refractivity contribution in [2.45, 2.75) is 20.8 Å². The lowest BCUT2D eigenvalue weighted by atomic mass is 10.0. The van der Waals surface area contributed by atoms with Crippen molar-refractivity contribution < 1.29 is 4.39 Å². The molecule has 0 amide bonds. The minimum Gasteiger partial charge on any atom is -0.318 e. The van der Waals surface area contributed by atoms with Gasteiger partial charge in [-0.1, -0.05) is 12.1 Å². The van der Waals surface area contributed by atoms with Crippen LogP contribution in [-0.2, 0) is 0 Å². The van der Waals surface area contributed by atoms with Crippen LogP contribution in [0.25, 0.3) is 17.3 Å². The maximum atomic E-state index is 13.1. The molecule has 0 fully saturated rings. The second-order valence-electron chi connectivity index (χ2n) is 6.27. The van der Waals surface area contributed by atoms with E-state index in [0.29, 0.717) is 11.1 Å². The van der Waals surface area contributed by atoms with Crippen molar-refractivity contribution in [2.75, 3.05) is 0 Å². The monoisotopic (exact) mass is 456 g/mol. The Bertz CT molecular complexity index is 1040. The molecular weight excluding hydrogens is 438 g/mol.